The van der Waals surface area contributed by atoms with Crippen molar-refractivity contribution in [2.45, 2.75) is 20.4 Å². The second-order valence-electron chi connectivity index (χ2n) is 4.96. The van der Waals surface area contributed by atoms with Crippen LogP contribution in [0.2, 0.25) is 0 Å². The van der Waals surface area contributed by atoms with Crippen molar-refractivity contribution in [3.05, 3.63) is 29.9 Å². The molecule has 5 nitrogen and oxygen atoms in total. The minimum Gasteiger partial charge on any atom is -0.369 e. The van der Waals surface area contributed by atoms with Crippen LogP contribution in [0.15, 0.2) is 29.3 Å². The highest BCUT2D eigenvalue weighted by atomic mass is 16.1. The fourth-order valence-electron chi connectivity index (χ4n) is 2.19. The molecule has 1 N–H and O–H groups in total. The molecule has 2 aromatic rings. The lowest BCUT2D eigenvalue weighted by molar-refractivity contribution is -0.120. The molecular formula is C14H16N4O. The van der Waals surface area contributed by atoms with Crippen molar-refractivity contribution in [1.29, 1.82) is 0 Å². The molecule has 19 heavy (non-hydrogen) atoms. The first kappa shape index (κ1) is 11.9. The summed E-state index contributed by atoms with van der Waals surface area (Å²) in [5, 5.41) is 4.40. The number of benzene rings is 1. The van der Waals surface area contributed by atoms with Gasteiger partial charge in [-0.25, -0.2) is 4.98 Å². The third-order valence-corrected chi connectivity index (χ3v) is 3.22. The SMILES string of the molecule is CC(C)C(=O)N=c1nc2ccccc2c2n1CCN2. The quantitative estimate of drug-likeness (QED) is 0.842. The van der Waals surface area contributed by atoms with Crippen LogP contribution in [0.3, 0.4) is 0 Å². The van der Waals surface area contributed by atoms with E-state index in [0.717, 1.165) is 29.8 Å². The molecule has 0 bridgehead atoms. The summed E-state index contributed by atoms with van der Waals surface area (Å²) in [6, 6.07) is 7.89. The number of hydrogen-bond donors (Lipinski definition) is 1. The smallest absolute Gasteiger partial charge is 0.251 e. The lowest BCUT2D eigenvalue weighted by atomic mass is 10.2. The zero-order valence-electron chi connectivity index (χ0n) is 11.1. The molecule has 2 heterocycles. The highest BCUT2D eigenvalue weighted by molar-refractivity contribution is 5.89. The van der Waals surface area contributed by atoms with E-state index in [1.165, 1.54) is 0 Å². The third-order valence-electron chi connectivity index (χ3n) is 3.22. The number of para-hydroxylation sites is 1. The molecule has 3 rings (SSSR count). The maximum Gasteiger partial charge on any atom is 0.251 e. The van der Waals surface area contributed by atoms with Crippen LogP contribution in [0.5, 0.6) is 0 Å². The largest absolute Gasteiger partial charge is 0.369 e. The van der Waals surface area contributed by atoms with Crippen molar-refractivity contribution < 1.29 is 4.79 Å². The van der Waals surface area contributed by atoms with Crippen molar-refractivity contribution in [3.8, 4) is 0 Å². The molecule has 0 aliphatic carbocycles. The summed E-state index contributed by atoms with van der Waals surface area (Å²) in [7, 11) is 0. The van der Waals surface area contributed by atoms with E-state index in [1.807, 2.05) is 42.7 Å². The Morgan fingerprint density at radius 3 is 3.00 bits per heavy atom. The Morgan fingerprint density at radius 2 is 2.21 bits per heavy atom. The van der Waals surface area contributed by atoms with Gasteiger partial charge in [-0.1, -0.05) is 26.0 Å². The van der Waals surface area contributed by atoms with Crippen molar-refractivity contribution in [2.75, 3.05) is 11.9 Å². The molecule has 1 aromatic carbocycles. The van der Waals surface area contributed by atoms with E-state index in [-0.39, 0.29) is 11.8 Å². The Hall–Kier alpha value is -2.17. The molecule has 1 aliphatic rings. The lowest BCUT2D eigenvalue weighted by Crippen LogP contribution is -2.25. The Bertz CT molecular complexity index is 715. The summed E-state index contributed by atoms with van der Waals surface area (Å²) < 4.78 is 1.97. The first-order chi connectivity index (χ1) is 9.16. The number of carbonyl (C=O) groups excluding carboxylic acids is 1. The van der Waals surface area contributed by atoms with Gasteiger partial charge >= 0.3 is 0 Å². The summed E-state index contributed by atoms with van der Waals surface area (Å²) in [4.78, 5) is 20.5. The van der Waals surface area contributed by atoms with E-state index in [2.05, 4.69) is 15.3 Å². The Balaban J connectivity index is 2.29. The third kappa shape index (κ3) is 2.01. The van der Waals surface area contributed by atoms with Gasteiger partial charge in [-0.2, -0.15) is 4.99 Å². The minimum atomic E-state index is -0.135. The number of anilines is 1. The van der Waals surface area contributed by atoms with Gasteiger partial charge in [0.15, 0.2) is 0 Å². The monoisotopic (exact) mass is 256 g/mol. The van der Waals surface area contributed by atoms with Crippen molar-refractivity contribution in [2.24, 2.45) is 10.9 Å². The van der Waals surface area contributed by atoms with Crippen molar-refractivity contribution in [3.63, 3.8) is 0 Å². The molecule has 0 atom stereocenters. The van der Waals surface area contributed by atoms with E-state index in [0.29, 0.717) is 5.62 Å². The number of hydrogen-bond acceptors (Lipinski definition) is 3. The molecule has 1 aliphatic heterocycles. The molecule has 1 aromatic heterocycles. The van der Waals surface area contributed by atoms with Crippen molar-refractivity contribution in [1.82, 2.24) is 9.55 Å². The molecule has 1 amide bonds. The number of amides is 1. The van der Waals surface area contributed by atoms with E-state index >= 15 is 0 Å². The number of fused-ring (bicyclic) bond motifs is 3. The Labute approximate surface area is 111 Å². The average Bonchev–Trinajstić information content (AvgIpc) is 2.88. The van der Waals surface area contributed by atoms with Crippen LogP contribution in [-0.4, -0.2) is 22.0 Å². The number of nitrogens with one attached hydrogen (secondary N) is 1. The van der Waals surface area contributed by atoms with Gasteiger partial charge in [0, 0.05) is 24.4 Å². The van der Waals surface area contributed by atoms with Gasteiger partial charge in [-0.3, -0.25) is 9.36 Å². The summed E-state index contributed by atoms with van der Waals surface area (Å²) >= 11 is 0. The Kier molecular flexibility index (Phi) is 2.81. The first-order valence-electron chi connectivity index (χ1n) is 6.49. The maximum atomic E-state index is 11.8. The molecule has 0 saturated heterocycles. The second-order valence-corrected chi connectivity index (χ2v) is 4.96. The van der Waals surface area contributed by atoms with Crippen LogP contribution in [0.25, 0.3) is 10.9 Å². The summed E-state index contributed by atoms with van der Waals surface area (Å²) in [5.74, 6) is 0.754. The number of carbonyl (C=O) groups is 1. The molecular weight excluding hydrogens is 240 g/mol. The zero-order valence-corrected chi connectivity index (χ0v) is 11.1. The normalized spacial score (nSPS) is 14.8. The van der Waals surface area contributed by atoms with E-state index < -0.39 is 0 Å². The van der Waals surface area contributed by atoms with Crippen LogP contribution in [0.1, 0.15) is 13.8 Å². The molecule has 98 valence electrons. The van der Waals surface area contributed by atoms with Gasteiger partial charge in [-0.15, -0.1) is 0 Å². The van der Waals surface area contributed by atoms with Crippen LogP contribution in [0.4, 0.5) is 5.82 Å². The highest BCUT2D eigenvalue weighted by Crippen LogP contribution is 2.22. The second kappa shape index (κ2) is 4.50. The molecule has 0 unspecified atom stereocenters. The molecule has 0 fully saturated rings. The summed E-state index contributed by atoms with van der Waals surface area (Å²) in [6.07, 6.45) is 0. The average molecular weight is 256 g/mol. The molecule has 5 heteroatoms. The molecule has 0 radical (unpaired) electrons. The lowest BCUT2D eigenvalue weighted by Gasteiger charge is -2.07. The topological polar surface area (TPSA) is 59.3 Å². The highest BCUT2D eigenvalue weighted by Gasteiger charge is 2.15. The maximum absolute atomic E-state index is 11.8. The number of aromatic nitrogens is 2. The standard InChI is InChI=1S/C14H16N4O/c1-9(2)13(19)17-14-16-11-6-4-3-5-10(11)12-15-7-8-18(12)14/h3-6,9,15H,7-8H2,1-2H3. The van der Waals surface area contributed by atoms with E-state index in [4.69, 9.17) is 0 Å². The van der Waals surface area contributed by atoms with Crippen LogP contribution in [-0.2, 0) is 11.3 Å². The van der Waals surface area contributed by atoms with Gasteiger partial charge in [0.1, 0.15) is 5.82 Å². The fraction of sp³-hybridized carbons (Fsp3) is 0.357. The first-order valence-corrected chi connectivity index (χ1v) is 6.49. The minimum absolute atomic E-state index is 0.112. The van der Waals surface area contributed by atoms with E-state index in [1.54, 1.807) is 0 Å². The zero-order chi connectivity index (χ0) is 13.4. The van der Waals surface area contributed by atoms with Gasteiger partial charge in [0.05, 0.1) is 5.52 Å². The number of rotatable bonds is 1. The van der Waals surface area contributed by atoms with Gasteiger partial charge in [0.25, 0.3) is 5.91 Å². The van der Waals surface area contributed by atoms with Gasteiger partial charge in [0.2, 0.25) is 5.62 Å². The summed E-state index contributed by atoms with van der Waals surface area (Å²) in [6.45, 7) is 5.32. The fourth-order valence-corrected chi connectivity index (χ4v) is 2.19. The van der Waals surface area contributed by atoms with Crippen LogP contribution in [0, 0.1) is 5.92 Å². The van der Waals surface area contributed by atoms with Crippen molar-refractivity contribution >= 4 is 22.6 Å². The molecule has 0 spiro atoms. The van der Waals surface area contributed by atoms with E-state index in [9.17, 15) is 4.79 Å². The molecule has 0 saturated carbocycles. The number of nitrogens with zero attached hydrogens (tertiary/aromatic N) is 3. The van der Waals surface area contributed by atoms with Crippen LogP contribution < -0.4 is 10.9 Å². The van der Waals surface area contributed by atoms with Gasteiger partial charge in [-0.05, 0) is 12.1 Å². The van der Waals surface area contributed by atoms with Crippen LogP contribution >= 0.6 is 0 Å². The predicted molar refractivity (Wildman–Crippen MR) is 73.6 cm³/mol. The van der Waals surface area contributed by atoms with Gasteiger partial charge < -0.3 is 5.32 Å². The summed E-state index contributed by atoms with van der Waals surface area (Å²) in [5.41, 5.74) is 1.36. The predicted octanol–water partition coefficient (Wildman–Crippen LogP) is 1.55. The Morgan fingerprint density at radius 1 is 1.42 bits per heavy atom.